The zero-order valence-electron chi connectivity index (χ0n) is 19.1. The fourth-order valence-corrected chi connectivity index (χ4v) is 5.57. The van der Waals surface area contributed by atoms with Crippen LogP contribution in [-0.4, -0.2) is 43.5 Å². The van der Waals surface area contributed by atoms with E-state index in [1.54, 1.807) is 6.92 Å². The molecule has 184 valence electrons. The molecule has 1 saturated heterocycles. The predicted molar refractivity (Wildman–Crippen MR) is 122 cm³/mol. The van der Waals surface area contributed by atoms with Gasteiger partial charge in [0.1, 0.15) is 9.84 Å². The van der Waals surface area contributed by atoms with Crippen molar-refractivity contribution in [1.82, 2.24) is 5.32 Å². The van der Waals surface area contributed by atoms with Crippen LogP contribution in [0.3, 0.4) is 0 Å². The number of hydrogen-bond donors (Lipinski definition) is 2. The molecule has 1 aromatic carbocycles. The Hall–Kier alpha value is -2.00. The molecule has 1 aliphatic carbocycles. The SMILES string of the molecule is CC[C@@](O)(CCS(=O)(=O)CCCCC1CCC(=O)NC1=O)c1ccc(F)c(OCC2CC2)c1. The number of sulfone groups is 1. The molecular weight excluding hydrogens is 449 g/mol. The minimum Gasteiger partial charge on any atom is -0.490 e. The first-order chi connectivity index (χ1) is 15.6. The van der Waals surface area contributed by atoms with Crippen LogP contribution in [0.15, 0.2) is 18.2 Å². The van der Waals surface area contributed by atoms with E-state index < -0.39 is 21.3 Å². The van der Waals surface area contributed by atoms with Crippen LogP contribution in [0.4, 0.5) is 4.39 Å². The summed E-state index contributed by atoms with van der Waals surface area (Å²) in [5.41, 5.74) is -0.948. The number of amides is 2. The average Bonchev–Trinajstić information content (AvgIpc) is 3.60. The van der Waals surface area contributed by atoms with E-state index in [4.69, 9.17) is 4.74 Å². The van der Waals surface area contributed by atoms with Crippen molar-refractivity contribution in [3.05, 3.63) is 29.6 Å². The maximum Gasteiger partial charge on any atom is 0.229 e. The summed E-state index contributed by atoms with van der Waals surface area (Å²) in [4.78, 5) is 23.0. The summed E-state index contributed by atoms with van der Waals surface area (Å²) in [6.07, 6.45) is 4.80. The Balaban J connectivity index is 1.50. The minimum atomic E-state index is -3.41. The van der Waals surface area contributed by atoms with Crippen LogP contribution in [0.5, 0.6) is 5.75 Å². The summed E-state index contributed by atoms with van der Waals surface area (Å²) >= 11 is 0. The van der Waals surface area contributed by atoms with Crippen LogP contribution < -0.4 is 10.1 Å². The molecule has 1 aromatic rings. The second kappa shape index (κ2) is 11.0. The molecule has 2 fully saturated rings. The molecule has 1 aliphatic heterocycles. The van der Waals surface area contributed by atoms with Crippen LogP contribution in [-0.2, 0) is 25.0 Å². The van der Waals surface area contributed by atoms with E-state index in [0.717, 1.165) is 12.8 Å². The molecular formula is C24H34FNO6S. The summed E-state index contributed by atoms with van der Waals surface area (Å²) in [6, 6.07) is 4.21. The molecule has 9 heteroatoms. The number of unbranched alkanes of at least 4 members (excludes halogenated alkanes) is 1. The van der Waals surface area contributed by atoms with Crippen molar-refractivity contribution in [1.29, 1.82) is 0 Å². The van der Waals surface area contributed by atoms with Gasteiger partial charge in [0.2, 0.25) is 11.8 Å². The van der Waals surface area contributed by atoms with Crippen LogP contribution in [0.1, 0.15) is 70.3 Å². The van der Waals surface area contributed by atoms with E-state index in [0.29, 0.717) is 50.2 Å². The highest BCUT2D eigenvalue weighted by molar-refractivity contribution is 7.91. The Labute approximate surface area is 195 Å². The molecule has 0 radical (unpaired) electrons. The highest BCUT2D eigenvalue weighted by atomic mass is 32.2. The Bertz CT molecular complexity index is 962. The molecule has 1 unspecified atom stereocenters. The highest BCUT2D eigenvalue weighted by Crippen LogP contribution is 2.34. The summed E-state index contributed by atoms with van der Waals surface area (Å²) in [5, 5.41) is 13.5. The Kier molecular flexibility index (Phi) is 8.50. The lowest BCUT2D eigenvalue weighted by molar-refractivity contribution is -0.136. The van der Waals surface area contributed by atoms with Gasteiger partial charge in [-0.3, -0.25) is 14.9 Å². The van der Waals surface area contributed by atoms with Gasteiger partial charge in [0, 0.05) is 12.3 Å². The summed E-state index contributed by atoms with van der Waals surface area (Å²) in [6.45, 7) is 2.21. The first-order valence-corrected chi connectivity index (χ1v) is 13.6. The van der Waals surface area contributed by atoms with Crippen molar-refractivity contribution in [2.75, 3.05) is 18.1 Å². The van der Waals surface area contributed by atoms with E-state index in [2.05, 4.69) is 5.32 Å². The molecule has 0 spiro atoms. The topological polar surface area (TPSA) is 110 Å². The largest absolute Gasteiger partial charge is 0.490 e. The first-order valence-electron chi connectivity index (χ1n) is 11.8. The fraction of sp³-hybridized carbons (Fsp3) is 0.667. The number of carbonyl (C=O) groups excluding carboxylic acids is 2. The molecule has 2 amide bonds. The average molecular weight is 484 g/mol. The lowest BCUT2D eigenvalue weighted by Gasteiger charge is -2.28. The molecule has 3 rings (SSSR count). The molecule has 33 heavy (non-hydrogen) atoms. The number of benzene rings is 1. The second-order valence-electron chi connectivity index (χ2n) is 9.33. The van der Waals surface area contributed by atoms with Crippen molar-refractivity contribution in [2.45, 2.75) is 70.3 Å². The number of piperidine rings is 1. The molecule has 0 bridgehead atoms. The fourth-order valence-electron chi connectivity index (χ4n) is 4.07. The molecule has 2 N–H and O–H groups in total. The van der Waals surface area contributed by atoms with Gasteiger partial charge in [0.05, 0.1) is 23.7 Å². The first kappa shape index (κ1) is 25.6. The van der Waals surface area contributed by atoms with Crippen molar-refractivity contribution < 1.29 is 32.2 Å². The summed E-state index contributed by atoms with van der Waals surface area (Å²) in [7, 11) is -3.41. The quantitative estimate of drug-likeness (QED) is 0.329. The van der Waals surface area contributed by atoms with Gasteiger partial charge in [-0.1, -0.05) is 19.4 Å². The van der Waals surface area contributed by atoms with Gasteiger partial charge in [-0.2, -0.15) is 0 Å². The van der Waals surface area contributed by atoms with Gasteiger partial charge in [-0.05, 0) is 68.6 Å². The maximum absolute atomic E-state index is 14.1. The van der Waals surface area contributed by atoms with E-state index in [1.165, 1.54) is 18.2 Å². The zero-order chi connectivity index (χ0) is 24.1. The number of imide groups is 1. The molecule has 7 nitrogen and oxygen atoms in total. The lowest BCUT2D eigenvalue weighted by Crippen LogP contribution is -2.40. The van der Waals surface area contributed by atoms with E-state index in [-0.39, 0.29) is 47.8 Å². The third-order valence-corrected chi connectivity index (χ3v) is 8.40. The van der Waals surface area contributed by atoms with E-state index >= 15 is 0 Å². The third-order valence-electron chi connectivity index (χ3n) is 6.66. The number of aliphatic hydroxyl groups is 1. The smallest absolute Gasteiger partial charge is 0.229 e. The van der Waals surface area contributed by atoms with Crippen molar-refractivity contribution >= 4 is 21.7 Å². The van der Waals surface area contributed by atoms with Crippen molar-refractivity contribution in [2.24, 2.45) is 11.8 Å². The Morgan fingerprint density at radius 2 is 1.94 bits per heavy atom. The normalized spacial score (nSPS) is 20.9. The minimum absolute atomic E-state index is 0.00662. The summed E-state index contributed by atoms with van der Waals surface area (Å²) in [5.74, 6) is -0.954. The van der Waals surface area contributed by atoms with Gasteiger partial charge in [-0.15, -0.1) is 0 Å². The summed E-state index contributed by atoms with van der Waals surface area (Å²) < 4.78 is 44.8. The lowest BCUT2D eigenvalue weighted by atomic mass is 9.88. The van der Waals surface area contributed by atoms with Gasteiger partial charge >= 0.3 is 0 Å². The maximum atomic E-state index is 14.1. The van der Waals surface area contributed by atoms with Crippen molar-refractivity contribution in [3.63, 3.8) is 0 Å². The number of rotatable bonds is 13. The van der Waals surface area contributed by atoms with Crippen molar-refractivity contribution in [3.8, 4) is 5.75 Å². The zero-order valence-corrected chi connectivity index (χ0v) is 20.0. The second-order valence-corrected chi connectivity index (χ2v) is 11.6. The molecule has 0 aromatic heterocycles. The number of hydrogen-bond acceptors (Lipinski definition) is 6. The number of ether oxygens (including phenoxy) is 1. The van der Waals surface area contributed by atoms with Gasteiger partial charge < -0.3 is 9.84 Å². The third kappa shape index (κ3) is 7.50. The van der Waals surface area contributed by atoms with E-state index in [9.17, 15) is 27.5 Å². The van der Waals surface area contributed by atoms with E-state index in [1.807, 2.05) is 0 Å². The molecule has 1 heterocycles. The number of halogens is 1. The van der Waals surface area contributed by atoms with Gasteiger partial charge in [-0.25, -0.2) is 12.8 Å². The van der Waals surface area contributed by atoms with Crippen LogP contribution in [0.25, 0.3) is 0 Å². The Morgan fingerprint density at radius 1 is 1.18 bits per heavy atom. The monoisotopic (exact) mass is 483 g/mol. The number of nitrogens with one attached hydrogen (secondary N) is 1. The van der Waals surface area contributed by atoms with Gasteiger partial charge in [0.15, 0.2) is 11.6 Å². The van der Waals surface area contributed by atoms with Crippen LogP contribution in [0, 0.1) is 17.7 Å². The Morgan fingerprint density at radius 3 is 2.61 bits per heavy atom. The molecule has 2 atom stereocenters. The van der Waals surface area contributed by atoms with Crippen LogP contribution >= 0.6 is 0 Å². The standard InChI is InChI=1S/C24H34FNO6S/c1-2-24(29,19-9-10-20(25)21(15-19)32-16-17-6-7-17)12-14-33(30,31)13-4-3-5-18-8-11-22(27)26-23(18)28/h9-10,15,17-18,29H,2-8,11-14,16H2,1H3,(H,26,27,28)/t18?,24-/m1/s1. The van der Waals surface area contributed by atoms with Crippen LogP contribution in [0.2, 0.25) is 0 Å². The number of carbonyl (C=O) groups is 2. The molecule has 1 saturated carbocycles. The highest BCUT2D eigenvalue weighted by Gasteiger charge is 2.31. The molecule has 2 aliphatic rings. The predicted octanol–water partition coefficient (Wildman–Crippen LogP) is 3.24. The van der Waals surface area contributed by atoms with Gasteiger partial charge in [0.25, 0.3) is 0 Å².